The largest absolute Gasteiger partial charge is 0.497 e. The van der Waals surface area contributed by atoms with Gasteiger partial charge in [0.25, 0.3) is 5.91 Å². The van der Waals surface area contributed by atoms with Gasteiger partial charge in [0, 0.05) is 18.7 Å². The molecule has 1 aliphatic heterocycles. The van der Waals surface area contributed by atoms with Gasteiger partial charge in [0.1, 0.15) is 5.75 Å². The van der Waals surface area contributed by atoms with Crippen LogP contribution in [0.5, 0.6) is 5.75 Å². The topological polar surface area (TPSA) is 63.7 Å². The summed E-state index contributed by atoms with van der Waals surface area (Å²) in [6, 6.07) is 10.9. The fraction of sp³-hybridized carbons (Fsp3) is 0.353. The Morgan fingerprint density at radius 2 is 1.87 bits per heavy atom. The van der Waals surface area contributed by atoms with Gasteiger partial charge in [-0.25, -0.2) is 8.42 Å². The molecule has 0 N–H and O–H groups in total. The molecule has 0 aliphatic carbocycles. The summed E-state index contributed by atoms with van der Waals surface area (Å²) in [5.41, 5.74) is 0.564. The van der Waals surface area contributed by atoms with Crippen molar-refractivity contribution in [1.29, 1.82) is 0 Å². The third-order valence-electron chi connectivity index (χ3n) is 4.37. The van der Waals surface area contributed by atoms with Crippen molar-refractivity contribution < 1.29 is 17.9 Å². The lowest BCUT2D eigenvalue weighted by atomic mass is 10.1. The number of fused-ring (bicyclic) bond motifs is 1. The van der Waals surface area contributed by atoms with E-state index in [1.54, 1.807) is 25.1 Å². The molecule has 0 bridgehead atoms. The fourth-order valence-electron chi connectivity index (χ4n) is 2.93. The number of sulfone groups is 1. The quantitative estimate of drug-likeness (QED) is 0.863. The van der Waals surface area contributed by atoms with Gasteiger partial charge in [0.05, 0.1) is 18.6 Å². The number of nitrogens with zero attached hydrogens (tertiary/aromatic N) is 1. The van der Waals surface area contributed by atoms with Gasteiger partial charge in [-0.15, -0.1) is 0 Å². The maximum absolute atomic E-state index is 12.6. The van der Waals surface area contributed by atoms with Crippen molar-refractivity contribution >= 4 is 26.5 Å². The van der Waals surface area contributed by atoms with Crippen LogP contribution in [0, 0.1) is 0 Å². The lowest BCUT2D eigenvalue weighted by Gasteiger charge is -2.23. The third-order valence-corrected chi connectivity index (χ3v) is 6.12. The molecule has 0 radical (unpaired) electrons. The van der Waals surface area contributed by atoms with E-state index in [1.165, 1.54) is 0 Å². The van der Waals surface area contributed by atoms with Gasteiger partial charge in [0.2, 0.25) is 0 Å². The summed E-state index contributed by atoms with van der Waals surface area (Å²) in [5.74, 6) is 0.835. The van der Waals surface area contributed by atoms with Gasteiger partial charge in [-0.1, -0.05) is 12.1 Å². The number of rotatable bonds is 3. The minimum absolute atomic E-state index is 0.0556. The van der Waals surface area contributed by atoms with E-state index in [0.717, 1.165) is 16.5 Å². The van der Waals surface area contributed by atoms with Crippen LogP contribution in [-0.4, -0.2) is 50.9 Å². The van der Waals surface area contributed by atoms with Crippen molar-refractivity contribution in [3.8, 4) is 5.75 Å². The van der Waals surface area contributed by atoms with E-state index in [1.807, 2.05) is 30.3 Å². The number of carbonyl (C=O) groups excluding carboxylic acids is 1. The molecule has 0 spiro atoms. The molecule has 0 aromatic heterocycles. The van der Waals surface area contributed by atoms with Gasteiger partial charge in [-0.3, -0.25) is 4.79 Å². The monoisotopic (exact) mass is 333 g/mol. The molecule has 1 fully saturated rings. The zero-order chi connectivity index (χ0) is 16.6. The van der Waals surface area contributed by atoms with Crippen LogP contribution in [0.3, 0.4) is 0 Å². The molecule has 3 rings (SSSR count). The number of amides is 1. The summed E-state index contributed by atoms with van der Waals surface area (Å²) in [4.78, 5) is 14.2. The summed E-state index contributed by atoms with van der Waals surface area (Å²) < 4.78 is 28.4. The molecular weight excluding hydrogens is 314 g/mol. The molecular formula is C17H19NO4S. The van der Waals surface area contributed by atoms with Crippen molar-refractivity contribution in [3.63, 3.8) is 0 Å². The molecule has 23 heavy (non-hydrogen) atoms. The SMILES string of the molecule is COc1ccc2cc(C(=O)N(C)C3CCS(=O)(=O)C3)ccc2c1. The Morgan fingerprint density at radius 1 is 1.17 bits per heavy atom. The molecule has 2 aromatic rings. The van der Waals surface area contributed by atoms with Gasteiger partial charge in [0.15, 0.2) is 9.84 Å². The van der Waals surface area contributed by atoms with E-state index in [-0.39, 0.29) is 23.5 Å². The number of benzene rings is 2. The van der Waals surface area contributed by atoms with Crippen molar-refractivity contribution in [1.82, 2.24) is 4.90 Å². The van der Waals surface area contributed by atoms with Crippen LogP contribution in [0.25, 0.3) is 10.8 Å². The molecule has 1 amide bonds. The maximum atomic E-state index is 12.6. The van der Waals surface area contributed by atoms with E-state index in [0.29, 0.717) is 12.0 Å². The minimum Gasteiger partial charge on any atom is -0.497 e. The van der Waals surface area contributed by atoms with Crippen molar-refractivity contribution in [2.45, 2.75) is 12.5 Å². The van der Waals surface area contributed by atoms with Crippen LogP contribution in [0.4, 0.5) is 0 Å². The fourth-order valence-corrected chi connectivity index (χ4v) is 4.71. The van der Waals surface area contributed by atoms with E-state index < -0.39 is 9.84 Å². The molecule has 1 atom stereocenters. The first kappa shape index (κ1) is 15.8. The van der Waals surface area contributed by atoms with Gasteiger partial charge < -0.3 is 9.64 Å². The molecule has 6 heteroatoms. The zero-order valence-corrected chi connectivity index (χ0v) is 14.0. The first-order chi connectivity index (χ1) is 10.9. The Morgan fingerprint density at radius 3 is 2.52 bits per heavy atom. The maximum Gasteiger partial charge on any atom is 0.253 e. The molecule has 1 unspecified atom stereocenters. The summed E-state index contributed by atoms with van der Waals surface area (Å²) in [7, 11) is 0.281. The van der Waals surface area contributed by atoms with Crippen molar-refractivity contribution in [2.75, 3.05) is 25.7 Å². The van der Waals surface area contributed by atoms with Crippen LogP contribution >= 0.6 is 0 Å². The number of hydrogen-bond donors (Lipinski definition) is 0. The van der Waals surface area contributed by atoms with Crippen LogP contribution in [0.1, 0.15) is 16.8 Å². The molecule has 5 nitrogen and oxygen atoms in total. The summed E-state index contributed by atoms with van der Waals surface area (Å²) in [6.07, 6.45) is 0.509. The van der Waals surface area contributed by atoms with Crippen molar-refractivity contribution in [2.24, 2.45) is 0 Å². The average Bonchev–Trinajstić information content (AvgIpc) is 2.92. The number of methoxy groups -OCH3 is 1. The minimum atomic E-state index is -3.01. The molecule has 1 heterocycles. The highest BCUT2D eigenvalue weighted by Gasteiger charge is 2.33. The summed E-state index contributed by atoms with van der Waals surface area (Å²) >= 11 is 0. The predicted molar refractivity (Wildman–Crippen MR) is 89.7 cm³/mol. The highest BCUT2D eigenvalue weighted by atomic mass is 32.2. The second-order valence-corrected chi connectivity index (χ2v) is 8.13. The second-order valence-electron chi connectivity index (χ2n) is 5.90. The highest BCUT2D eigenvalue weighted by molar-refractivity contribution is 7.91. The van der Waals surface area contributed by atoms with Crippen LogP contribution < -0.4 is 4.74 Å². The van der Waals surface area contributed by atoms with Gasteiger partial charge in [-0.2, -0.15) is 0 Å². The normalized spacial score (nSPS) is 19.7. The Balaban J connectivity index is 1.86. The number of ether oxygens (including phenoxy) is 1. The Bertz CT molecular complexity index is 860. The first-order valence-corrected chi connectivity index (χ1v) is 9.27. The first-order valence-electron chi connectivity index (χ1n) is 7.45. The number of carbonyl (C=O) groups is 1. The van der Waals surface area contributed by atoms with Crippen LogP contribution in [-0.2, 0) is 9.84 Å². The molecule has 1 aliphatic rings. The number of hydrogen-bond acceptors (Lipinski definition) is 4. The summed E-state index contributed by atoms with van der Waals surface area (Å²) in [6.45, 7) is 0. The Labute approximate surface area is 135 Å². The Kier molecular flexibility index (Phi) is 4.02. The second kappa shape index (κ2) is 5.85. The van der Waals surface area contributed by atoms with Gasteiger partial charge >= 0.3 is 0 Å². The molecule has 1 saturated heterocycles. The van der Waals surface area contributed by atoms with Crippen molar-refractivity contribution in [3.05, 3.63) is 42.0 Å². The summed E-state index contributed by atoms with van der Waals surface area (Å²) in [5, 5.41) is 1.94. The van der Waals surface area contributed by atoms with Crippen LogP contribution in [0.2, 0.25) is 0 Å². The molecule has 122 valence electrons. The standard InChI is InChI=1S/C17H19NO4S/c1-18(15-7-8-23(20,21)11-15)17(19)14-4-3-13-10-16(22-2)6-5-12(13)9-14/h3-6,9-10,15H,7-8,11H2,1-2H3. The van der Waals surface area contributed by atoms with Gasteiger partial charge in [-0.05, 0) is 41.5 Å². The van der Waals surface area contributed by atoms with Crippen LogP contribution in [0.15, 0.2) is 36.4 Å². The van der Waals surface area contributed by atoms with E-state index in [9.17, 15) is 13.2 Å². The molecule has 0 saturated carbocycles. The smallest absolute Gasteiger partial charge is 0.253 e. The lowest BCUT2D eigenvalue weighted by molar-refractivity contribution is 0.0748. The average molecular weight is 333 g/mol. The van der Waals surface area contributed by atoms with E-state index in [2.05, 4.69) is 0 Å². The van der Waals surface area contributed by atoms with E-state index >= 15 is 0 Å². The lowest BCUT2D eigenvalue weighted by Crippen LogP contribution is -2.37. The molecule has 2 aromatic carbocycles. The Hall–Kier alpha value is -2.08. The predicted octanol–water partition coefficient (Wildman–Crippen LogP) is 2.11. The van der Waals surface area contributed by atoms with E-state index in [4.69, 9.17) is 4.74 Å². The zero-order valence-electron chi connectivity index (χ0n) is 13.2. The highest BCUT2D eigenvalue weighted by Crippen LogP contribution is 2.24. The third kappa shape index (κ3) is 3.17.